The molecule has 1 saturated heterocycles. The van der Waals surface area contributed by atoms with Crippen molar-refractivity contribution in [2.75, 3.05) is 26.2 Å². The molecule has 0 saturated carbocycles. The average molecular weight is 248 g/mol. The predicted molar refractivity (Wildman–Crippen MR) is 74.7 cm³/mol. The van der Waals surface area contributed by atoms with E-state index in [2.05, 4.69) is 42.2 Å². The van der Waals surface area contributed by atoms with Crippen LogP contribution >= 0.6 is 0 Å². The summed E-state index contributed by atoms with van der Waals surface area (Å²) in [5.41, 5.74) is 7.32. The Balaban J connectivity index is 1.89. The van der Waals surface area contributed by atoms with Crippen LogP contribution in [-0.2, 0) is 4.74 Å². The number of nitrogens with zero attached hydrogens (tertiary/aromatic N) is 1. The normalized spacial score (nSPS) is 24.7. The Morgan fingerprint density at radius 2 is 2.06 bits per heavy atom. The van der Waals surface area contributed by atoms with E-state index >= 15 is 0 Å². The van der Waals surface area contributed by atoms with E-state index in [1.165, 1.54) is 5.56 Å². The maximum Gasteiger partial charge on any atom is 0.0850 e. The second-order valence-corrected chi connectivity index (χ2v) is 5.34. The minimum Gasteiger partial charge on any atom is -0.374 e. The molecule has 1 aromatic rings. The lowest BCUT2D eigenvalue weighted by Gasteiger charge is -2.36. The van der Waals surface area contributed by atoms with Crippen LogP contribution < -0.4 is 5.73 Å². The Bertz CT molecular complexity index is 353. The summed E-state index contributed by atoms with van der Waals surface area (Å²) in [6.45, 7) is 8.15. The first-order valence-electron chi connectivity index (χ1n) is 6.81. The van der Waals surface area contributed by atoms with Gasteiger partial charge in [-0.05, 0) is 18.4 Å². The van der Waals surface area contributed by atoms with E-state index in [4.69, 9.17) is 10.5 Å². The van der Waals surface area contributed by atoms with Crippen LogP contribution in [-0.4, -0.2) is 43.3 Å². The first kappa shape index (κ1) is 13.5. The van der Waals surface area contributed by atoms with Crippen molar-refractivity contribution in [3.63, 3.8) is 0 Å². The van der Waals surface area contributed by atoms with Crippen LogP contribution in [0.1, 0.15) is 25.3 Å². The van der Waals surface area contributed by atoms with E-state index in [1.807, 2.05) is 6.92 Å². The number of morpholine rings is 1. The molecule has 100 valence electrons. The zero-order chi connectivity index (χ0) is 13.0. The molecule has 1 fully saturated rings. The molecule has 3 heteroatoms. The van der Waals surface area contributed by atoms with Gasteiger partial charge in [-0.25, -0.2) is 0 Å². The third-order valence-electron chi connectivity index (χ3n) is 3.66. The molecule has 0 radical (unpaired) electrons. The van der Waals surface area contributed by atoms with Gasteiger partial charge < -0.3 is 10.5 Å². The van der Waals surface area contributed by atoms with Gasteiger partial charge in [0, 0.05) is 25.7 Å². The quantitative estimate of drug-likeness (QED) is 0.883. The Morgan fingerprint density at radius 3 is 2.72 bits per heavy atom. The predicted octanol–water partition coefficient (Wildman–Crippen LogP) is 1.84. The van der Waals surface area contributed by atoms with Crippen molar-refractivity contribution in [3.8, 4) is 0 Å². The highest BCUT2D eigenvalue weighted by Gasteiger charge is 2.24. The standard InChI is InChI=1S/C15H24N2O/c1-12(14-6-4-3-5-7-14)10-17-8-9-18-15(11-17)13(2)16/h3-7,12-13,15H,8-11,16H2,1-2H3. The Kier molecular flexibility index (Phi) is 4.75. The van der Waals surface area contributed by atoms with Crippen molar-refractivity contribution in [2.45, 2.75) is 31.9 Å². The topological polar surface area (TPSA) is 38.5 Å². The smallest absolute Gasteiger partial charge is 0.0850 e. The average Bonchev–Trinajstić information content (AvgIpc) is 2.40. The molecule has 18 heavy (non-hydrogen) atoms. The molecule has 1 aromatic carbocycles. The third kappa shape index (κ3) is 3.55. The van der Waals surface area contributed by atoms with E-state index in [0.29, 0.717) is 5.92 Å². The van der Waals surface area contributed by atoms with Crippen molar-refractivity contribution in [1.82, 2.24) is 4.90 Å². The molecule has 0 aliphatic carbocycles. The lowest BCUT2D eigenvalue weighted by Crippen LogP contribution is -2.50. The molecular formula is C15H24N2O. The second kappa shape index (κ2) is 6.32. The van der Waals surface area contributed by atoms with E-state index < -0.39 is 0 Å². The maximum atomic E-state index is 5.92. The van der Waals surface area contributed by atoms with Gasteiger partial charge in [0.25, 0.3) is 0 Å². The van der Waals surface area contributed by atoms with E-state index in [1.54, 1.807) is 0 Å². The van der Waals surface area contributed by atoms with Gasteiger partial charge in [-0.2, -0.15) is 0 Å². The molecule has 3 unspecified atom stereocenters. The summed E-state index contributed by atoms with van der Waals surface area (Å²) >= 11 is 0. The third-order valence-corrected chi connectivity index (χ3v) is 3.66. The van der Waals surface area contributed by atoms with Gasteiger partial charge in [-0.3, -0.25) is 4.90 Å². The molecule has 3 nitrogen and oxygen atoms in total. The highest BCUT2D eigenvalue weighted by atomic mass is 16.5. The number of rotatable bonds is 4. The van der Waals surface area contributed by atoms with Crippen LogP contribution in [0.25, 0.3) is 0 Å². The van der Waals surface area contributed by atoms with E-state index in [-0.39, 0.29) is 12.1 Å². The Hall–Kier alpha value is -0.900. The van der Waals surface area contributed by atoms with Crippen LogP contribution in [0.4, 0.5) is 0 Å². The number of benzene rings is 1. The van der Waals surface area contributed by atoms with Crippen LogP contribution in [0.15, 0.2) is 30.3 Å². The summed E-state index contributed by atoms with van der Waals surface area (Å²) in [6, 6.07) is 10.8. The summed E-state index contributed by atoms with van der Waals surface area (Å²) in [5.74, 6) is 0.554. The SMILES string of the molecule is CC(CN1CCOC(C(C)N)C1)c1ccccc1. The highest BCUT2D eigenvalue weighted by molar-refractivity contribution is 5.19. The summed E-state index contributed by atoms with van der Waals surface area (Å²) in [4.78, 5) is 2.47. The molecule has 2 rings (SSSR count). The molecular weight excluding hydrogens is 224 g/mol. The number of hydrogen-bond acceptors (Lipinski definition) is 3. The summed E-state index contributed by atoms with van der Waals surface area (Å²) in [7, 11) is 0. The van der Waals surface area contributed by atoms with Gasteiger partial charge >= 0.3 is 0 Å². The Morgan fingerprint density at radius 1 is 1.33 bits per heavy atom. The van der Waals surface area contributed by atoms with Crippen molar-refractivity contribution in [1.29, 1.82) is 0 Å². The van der Waals surface area contributed by atoms with Gasteiger partial charge in [-0.1, -0.05) is 37.3 Å². The molecule has 1 aliphatic heterocycles. The maximum absolute atomic E-state index is 5.92. The second-order valence-electron chi connectivity index (χ2n) is 5.34. The lowest BCUT2D eigenvalue weighted by atomic mass is 10.00. The van der Waals surface area contributed by atoms with E-state index in [0.717, 1.165) is 26.2 Å². The van der Waals surface area contributed by atoms with Gasteiger partial charge in [0.05, 0.1) is 12.7 Å². The van der Waals surface area contributed by atoms with Gasteiger partial charge in [-0.15, -0.1) is 0 Å². The monoisotopic (exact) mass is 248 g/mol. The van der Waals surface area contributed by atoms with Gasteiger partial charge in [0.15, 0.2) is 0 Å². The molecule has 1 heterocycles. The van der Waals surface area contributed by atoms with Crippen LogP contribution in [0.2, 0.25) is 0 Å². The lowest BCUT2D eigenvalue weighted by molar-refractivity contribution is -0.0388. The van der Waals surface area contributed by atoms with Gasteiger partial charge in [0.1, 0.15) is 0 Å². The summed E-state index contributed by atoms with van der Waals surface area (Å²) in [5, 5.41) is 0. The van der Waals surface area contributed by atoms with E-state index in [9.17, 15) is 0 Å². The van der Waals surface area contributed by atoms with Crippen molar-refractivity contribution < 1.29 is 4.74 Å². The minimum absolute atomic E-state index is 0.111. The Labute approximate surface area is 110 Å². The number of hydrogen-bond donors (Lipinski definition) is 1. The molecule has 3 atom stereocenters. The number of ether oxygens (including phenoxy) is 1. The zero-order valence-corrected chi connectivity index (χ0v) is 11.4. The molecule has 2 N–H and O–H groups in total. The van der Waals surface area contributed by atoms with Gasteiger partial charge in [0.2, 0.25) is 0 Å². The fraction of sp³-hybridized carbons (Fsp3) is 0.600. The summed E-state index contributed by atoms with van der Waals surface area (Å²) < 4.78 is 5.69. The highest BCUT2D eigenvalue weighted by Crippen LogP contribution is 2.18. The van der Waals surface area contributed by atoms with Crippen LogP contribution in [0.5, 0.6) is 0 Å². The largest absolute Gasteiger partial charge is 0.374 e. The summed E-state index contributed by atoms with van der Waals surface area (Å²) in [6.07, 6.45) is 0.182. The zero-order valence-electron chi connectivity index (χ0n) is 11.4. The molecule has 0 bridgehead atoms. The van der Waals surface area contributed by atoms with Crippen LogP contribution in [0, 0.1) is 0 Å². The molecule has 0 amide bonds. The fourth-order valence-corrected chi connectivity index (χ4v) is 2.49. The minimum atomic E-state index is 0.111. The fourth-order valence-electron chi connectivity index (χ4n) is 2.49. The van der Waals surface area contributed by atoms with Crippen molar-refractivity contribution >= 4 is 0 Å². The first-order chi connectivity index (χ1) is 8.66. The first-order valence-corrected chi connectivity index (χ1v) is 6.81. The molecule has 0 aromatic heterocycles. The molecule has 0 spiro atoms. The molecule has 1 aliphatic rings. The van der Waals surface area contributed by atoms with Crippen molar-refractivity contribution in [2.24, 2.45) is 5.73 Å². The number of nitrogens with two attached hydrogens (primary N) is 1. The van der Waals surface area contributed by atoms with Crippen molar-refractivity contribution in [3.05, 3.63) is 35.9 Å². The van der Waals surface area contributed by atoms with Crippen LogP contribution in [0.3, 0.4) is 0 Å².